The zero-order chi connectivity index (χ0) is 10.9. The van der Waals surface area contributed by atoms with Gasteiger partial charge in [-0.05, 0) is 31.6 Å². The molecule has 1 aromatic heterocycles. The molecule has 1 aromatic rings. The number of aromatic nitrogens is 2. The summed E-state index contributed by atoms with van der Waals surface area (Å²) in [6, 6.07) is 0.634. The number of nitrogens with one attached hydrogen (secondary N) is 1. The van der Waals surface area contributed by atoms with Gasteiger partial charge in [-0.1, -0.05) is 13.8 Å². The summed E-state index contributed by atoms with van der Waals surface area (Å²) in [6.45, 7) is 7.75. The molecule has 1 heterocycles. The number of hydrogen-bond acceptors (Lipinski definition) is 2. The molecule has 0 spiro atoms. The van der Waals surface area contributed by atoms with Crippen LogP contribution in [0.1, 0.15) is 40.0 Å². The summed E-state index contributed by atoms with van der Waals surface area (Å²) >= 11 is 0. The second-order valence-corrected chi connectivity index (χ2v) is 5.33. The van der Waals surface area contributed by atoms with E-state index in [1.54, 1.807) is 0 Å². The van der Waals surface area contributed by atoms with Gasteiger partial charge in [0.1, 0.15) is 0 Å². The Balaban J connectivity index is 1.92. The Morgan fingerprint density at radius 2 is 2.40 bits per heavy atom. The van der Waals surface area contributed by atoms with Gasteiger partial charge in [0.05, 0.1) is 11.9 Å². The minimum atomic E-state index is 0.512. The van der Waals surface area contributed by atoms with Gasteiger partial charge < -0.3 is 5.32 Å². The second kappa shape index (κ2) is 3.87. The van der Waals surface area contributed by atoms with Crippen molar-refractivity contribution in [1.82, 2.24) is 9.78 Å². The zero-order valence-electron chi connectivity index (χ0n) is 9.95. The van der Waals surface area contributed by atoms with Crippen LogP contribution in [0.5, 0.6) is 0 Å². The monoisotopic (exact) mass is 207 g/mol. The molecule has 0 bridgehead atoms. The van der Waals surface area contributed by atoms with Gasteiger partial charge in [-0.25, -0.2) is 0 Å². The lowest BCUT2D eigenvalue weighted by atomic mass is 9.92. The van der Waals surface area contributed by atoms with E-state index in [4.69, 9.17) is 0 Å². The Kier molecular flexibility index (Phi) is 2.72. The maximum atomic E-state index is 4.27. The van der Waals surface area contributed by atoms with Crippen molar-refractivity contribution in [2.24, 2.45) is 5.41 Å². The molecule has 1 fully saturated rings. The molecular weight excluding hydrogens is 186 g/mol. The first-order valence-electron chi connectivity index (χ1n) is 5.88. The highest BCUT2D eigenvalue weighted by atomic mass is 15.3. The van der Waals surface area contributed by atoms with Crippen molar-refractivity contribution in [3.63, 3.8) is 0 Å². The largest absolute Gasteiger partial charge is 0.380 e. The molecule has 1 unspecified atom stereocenters. The van der Waals surface area contributed by atoms with Crippen LogP contribution in [0.25, 0.3) is 0 Å². The van der Waals surface area contributed by atoms with Gasteiger partial charge in [-0.2, -0.15) is 5.10 Å². The summed E-state index contributed by atoms with van der Waals surface area (Å²) in [4.78, 5) is 0. The Labute approximate surface area is 91.9 Å². The fourth-order valence-electron chi connectivity index (χ4n) is 2.41. The molecule has 84 valence electrons. The number of aryl methyl sites for hydroxylation is 1. The lowest BCUT2D eigenvalue weighted by molar-refractivity contribution is 0.378. The van der Waals surface area contributed by atoms with Crippen molar-refractivity contribution in [1.29, 1.82) is 0 Å². The Hall–Kier alpha value is -0.990. The number of nitrogens with zero attached hydrogens (tertiary/aromatic N) is 2. The molecule has 15 heavy (non-hydrogen) atoms. The Morgan fingerprint density at radius 1 is 1.60 bits per heavy atom. The van der Waals surface area contributed by atoms with Crippen molar-refractivity contribution in [3.8, 4) is 0 Å². The summed E-state index contributed by atoms with van der Waals surface area (Å²) in [5.74, 6) is 0. The standard InChI is InChI=1S/C12H21N3/c1-4-15-9-11(8-13-15)14-10-5-6-12(2,3)7-10/h8-10,14H,4-7H2,1-3H3. The Morgan fingerprint density at radius 3 is 2.93 bits per heavy atom. The zero-order valence-corrected chi connectivity index (χ0v) is 9.95. The van der Waals surface area contributed by atoms with Crippen molar-refractivity contribution < 1.29 is 0 Å². The maximum absolute atomic E-state index is 4.27. The summed E-state index contributed by atoms with van der Waals surface area (Å²) in [6.07, 6.45) is 7.89. The van der Waals surface area contributed by atoms with Gasteiger partial charge >= 0.3 is 0 Å². The number of hydrogen-bond donors (Lipinski definition) is 1. The van der Waals surface area contributed by atoms with Crippen LogP contribution in [0.2, 0.25) is 0 Å². The molecule has 3 heteroatoms. The van der Waals surface area contributed by atoms with Gasteiger partial charge in [-0.3, -0.25) is 4.68 Å². The molecule has 1 aliphatic carbocycles. The van der Waals surface area contributed by atoms with Crippen LogP contribution in [0.4, 0.5) is 5.69 Å². The molecule has 1 saturated carbocycles. The highest BCUT2D eigenvalue weighted by molar-refractivity contribution is 5.39. The van der Waals surface area contributed by atoms with E-state index in [1.165, 1.54) is 24.9 Å². The van der Waals surface area contributed by atoms with Gasteiger partial charge in [0.2, 0.25) is 0 Å². The van der Waals surface area contributed by atoms with Crippen LogP contribution in [0.3, 0.4) is 0 Å². The van der Waals surface area contributed by atoms with Crippen molar-refractivity contribution in [2.75, 3.05) is 5.32 Å². The van der Waals surface area contributed by atoms with E-state index in [1.807, 2.05) is 10.9 Å². The van der Waals surface area contributed by atoms with E-state index in [-0.39, 0.29) is 0 Å². The van der Waals surface area contributed by atoms with Crippen LogP contribution >= 0.6 is 0 Å². The molecule has 1 N–H and O–H groups in total. The van der Waals surface area contributed by atoms with Crippen LogP contribution in [0, 0.1) is 5.41 Å². The number of anilines is 1. The fraction of sp³-hybridized carbons (Fsp3) is 0.750. The first-order chi connectivity index (χ1) is 7.09. The van der Waals surface area contributed by atoms with Crippen LogP contribution < -0.4 is 5.32 Å². The molecule has 1 aliphatic rings. The van der Waals surface area contributed by atoms with E-state index in [2.05, 4.69) is 37.4 Å². The van der Waals surface area contributed by atoms with Crippen molar-refractivity contribution >= 4 is 5.69 Å². The average molecular weight is 207 g/mol. The third-order valence-electron chi connectivity index (χ3n) is 3.30. The van der Waals surface area contributed by atoms with E-state index < -0.39 is 0 Å². The molecule has 2 rings (SSSR count). The van der Waals surface area contributed by atoms with Gasteiger partial charge in [0.25, 0.3) is 0 Å². The van der Waals surface area contributed by atoms with Crippen LogP contribution in [-0.4, -0.2) is 15.8 Å². The highest BCUT2D eigenvalue weighted by Gasteiger charge is 2.30. The predicted octanol–water partition coefficient (Wildman–Crippen LogP) is 2.89. The first kappa shape index (κ1) is 10.5. The summed E-state index contributed by atoms with van der Waals surface area (Å²) in [7, 11) is 0. The third-order valence-corrected chi connectivity index (χ3v) is 3.30. The quantitative estimate of drug-likeness (QED) is 0.826. The Bertz CT molecular complexity index is 327. The molecule has 0 aromatic carbocycles. The van der Waals surface area contributed by atoms with Gasteiger partial charge in [0, 0.05) is 18.8 Å². The topological polar surface area (TPSA) is 29.9 Å². The predicted molar refractivity (Wildman–Crippen MR) is 62.9 cm³/mol. The summed E-state index contributed by atoms with van der Waals surface area (Å²) in [5.41, 5.74) is 1.68. The van der Waals surface area contributed by atoms with E-state index >= 15 is 0 Å². The minimum absolute atomic E-state index is 0.512. The summed E-state index contributed by atoms with van der Waals surface area (Å²) in [5, 5.41) is 7.84. The SMILES string of the molecule is CCn1cc(NC2CCC(C)(C)C2)cn1. The van der Waals surface area contributed by atoms with Crippen LogP contribution in [-0.2, 0) is 6.54 Å². The maximum Gasteiger partial charge on any atom is 0.0728 e. The fourth-order valence-corrected chi connectivity index (χ4v) is 2.41. The molecule has 3 nitrogen and oxygen atoms in total. The lowest BCUT2D eigenvalue weighted by Gasteiger charge is -2.17. The average Bonchev–Trinajstić information content (AvgIpc) is 2.73. The lowest BCUT2D eigenvalue weighted by Crippen LogP contribution is -2.17. The van der Waals surface area contributed by atoms with E-state index in [0.717, 1.165) is 6.54 Å². The van der Waals surface area contributed by atoms with Crippen molar-refractivity contribution in [3.05, 3.63) is 12.4 Å². The van der Waals surface area contributed by atoms with E-state index in [9.17, 15) is 0 Å². The molecule has 0 saturated heterocycles. The second-order valence-electron chi connectivity index (χ2n) is 5.33. The third kappa shape index (κ3) is 2.52. The molecule has 0 aliphatic heterocycles. The highest BCUT2D eigenvalue weighted by Crippen LogP contribution is 2.38. The normalized spacial score (nSPS) is 24.3. The molecular formula is C12H21N3. The van der Waals surface area contributed by atoms with Gasteiger partial charge in [-0.15, -0.1) is 0 Å². The molecule has 1 atom stereocenters. The first-order valence-corrected chi connectivity index (χ1v) is 5.88. The minimum Gasteiger partial charge on any atom is -0.380 e. The van der Waals surface area contributed by atoms with Gasteiger partial charge in [0.15, 0.2) is 0 Å². The van der Waals surface area contributed by atoms with E-state index in [0.29, 0.717) is 11.5 Å². The number of rotatable bonds is 3. The summed E-state index contributed by atoms with van der Waals surface area (Å²) < 4.78 is 1.96. The smallest absolute Gasteiger partial charge is 0.0728 e. The van der Waals surface area contributed by atoms with Crippen molar-refractivity contribution in [2.45, 2.75) is 52.6 Å². The molecule has 0 radical (unpaired) electrons. The van der Waals surface area contributed by atoms with Crippen LogP contribution in [0.15, 0.2) is 12.4 Å². The molecule has 0 amide bonds.